The van der Waals surface area contributed by atoms with Crippen molar-refractivity contribution in [1.82, 2.24) is 4.90 Å². The highest BCUT2D eigenvalue weighted by molar-refractivity contribution is 5.78. The average Bonchev–Trinajstić information content (AvgIpc) is 1.95. The summed E-state index contributed by atoms with van der Waals surface area (Å²) in [7, 11) is 0. The first kappa shape index (κ1) is 8.24. The zero-order valence-corrected chi connectivity index (χ0v) is 6.59. The first-order valence-corrected chi connectivity index (χ1v) is 3.78. The van der Waals surface area contributed by atoms with Gasteiger partial charge in [0.05, 0.1) is 6.54 Å². The zero-order chi connectivity index (χ0) is 8.27. The number of amides is 1. The molecule has 2 nitrogen and oxygen atoms in total. The molecule has 0 saturated carbocycles. The number of hydrogen-bond acceptors (Lipinski definition) is 1. The van der Waals surface area contributed by atoms with Gasteiger partial charge in [-0.1, -0.05) is 13.0 Å². The zero-order valence-electron chi connectivity index (χ0n) is 6.59. The first-order chi connectivity index (χ1) is 5.24. The normalized spacial score (nSPS) is 24.4. The highest BCUT2D eigenvalue weighted by Crippen LogP contribution is 2.13. The van der Waals surface area contributed by atoms with E-state index in [1.807, 2.05) is 13.0 Å². The lowest BCUT2D eigenvalue weighted by molar-refractivity contribution is -0.130. The van der Waals surface area contributed by atoms with Crippen molar-refractivity contribution in [2.24, 2.45) is 5.92 Å². The van der Waals surface area contributed by atoms with Crippen LogP contribution in [-0.4, -0.2) is 24.0 Å². The summed E-state index contributed by atoms with van der Waals surface area (Å²) in [5.74, 6) is 0.330. The van der Waals surface area contributed by atoms with Gasteiger partial charge in [-0.25, -0.2) is 4.39 Å². The second-order valence-electron chi connectivity index (χ2n) is 2.80. The lowest BCUT2D eigenvalue weighted by atomic mass is 10.0. The van der Waals surface area contributed by atoms with Crippen LogP contribution in [0.5, 0.6) is 0 Å². The van der Waals surface area contributed by atoms with Crippen molar-refractivity contribution in [2.45, 2.75) is 13.3 Å². The van der Waals surface area contributed by atoms with Gasteiger partial charge < -0.3 is 4.90 Å². The molecule has 0 saturated heterocycles. The van der Waals surface area contributed by atoms with E-state index in [9.17, 15) is 9.18 Å². The topological polar surface area (TPSA) is 20.3 Å². The molecule has 1 atom stereocenters. The summed E-state index contributed by atoms with van der Waals surface area (Å²) in [5, 5.41) is 0. The fourth-order valence-corrected chi connectivity index (χ4v) is 1.08. The summed E-state index contributed by atoms with van der Waals surface area (Å²) in [5.41, 5.74) is 0. The van der Waals surface area contributed by atoms with Crippen molar-refractivity contribution in [2.75, 3.05) is 13.2 Å². The van der Waals surface area contributed by atoms with Gasteiger partial charge in [-0.05, 0) is 5.92 Å². The lowest BCUT2D eigenvalue weighted by Gasteiger charge is -2.22. The molecule has 1 aliphatic heterocycles. The van der Waals surface area contributed by atoms with Crippen LogP contribution in [-0.2, 0) is 4.79 Å². The molecule has 0 aromatic heterocycles. The third-order valence-corrected chi connectivity index (χ3v) is 1.74. The Hall–Kier alpha value is -0.860. The molecular weight excluding hydrogens is 145 g/mol. The molecule has 1 aliphatic rings. The van der Waals surface area contributed by atoms with Gasteiger partial charge >= 0.3 is 0 Å². The molecule has 3 heteroatoms. The fraction of sp³-hybridized carbons (Fsp3) is 0.625. The third-order valence-electron chi connectivity index (χ3n) is 1.74. The van der Waals surface area contributed by atoms with Crippen LogP contribution in [0, 0.1) is 5.92 Å². The van der Waals surface area contributed by atoms with Crippen molar-refractivity contribution in [3.63, 3.8) is 0 Å². The van der Waals surface area contributed by atoms with Crippen molar-refractivity contribution in [3.8, 4) is 0 Å². The third kappa shape index (κ3) is 2.03. The monoisotopic (exact) mass is 157 g/mol. The highest BCUT2D eigenvalue weighted by atomic mass is 19.1. The molecule has 0 radical (unpaired) electrons. The van der Waals surface area contributed by atoms with Crippen LogP contribution >= 0.6 is 0 Å². The van der Waals surface area contributed by atoms with Crippen molar-refractivity contribution in [1.29, 1.82) is 0 Å². The lowest BCUT2D eigenvalue weighted by Crippen LogP contribution is -2.31. The van der Waals surface area contributed by atoms with E-state index in [4.69, 9.17) is 0 Å². The molecule has 0 N–H and O–H groups in total. The summed E-state index contributed by atoms with van der Waals surface area (Å²) < 4.78 is 11.8. The number of nitrogens with zero attached hydrogens (tertiary/aromatic N) is 1. The molecule has 0 fully saturated rings. The van der Waals surface area contributed by atoms with E-state index in [0.29, 0.717) is 12.3 Å². The quantitative estimate of drug-likeness (QED) is 0.592. The Morgan fingerprint density at radius 3 is 3.09 bits per heavy atom. The minimum atomic E-state index is -0.468. The molecule has 0 bridgehead atoms. The molecule has 1 amide bonds. The second kappa shape index (κ2) is 3.51. The summed E-state index contributed by atoms with van der Waals surface area (Å²) in [6.07, 6.45) is 4.11. The van der Waals surface area contributed by atoms with Gasteiger partial charge in [0.15, 0.2) is 0 Å². The maximum Gasteiger partial charge on any atom is 0.227 e. The van der Waals surface area contributed by atoms with Gasteiger partial charge in [0, 0.05) is 12.6 Å². The maximum atomic E-state index is 11.8. The van der Waals surface area contributed by atoms with Crippen molar-refractivity contribution in [3.05, 3.63) is 12.3 Å². The van der Waals surface area contributed by atoms with Gasteiger partial charge in [0.25, 0.3) is 0 Å². The number of carbonyl (C=O) groups is 1. The van der Waals surface area contributed by atoms with E-state index in [1.54, 1.807) is 6.20 Å². The summed E-state index contributed by atoms with van der Waals surface area (Å²) in [6, 6.07) is 0. The molecule has 0 aromatic carbocycles. The van der Waals surface area contributed by atoms with Gasteiger partial charge in [-0.3, -0.25) is 4.79 Å². The van der Waals surface area contributed by atoms with Crippen LogP contribution in [0.2, 0.25) is 0 Å². The van der Waals surface area contributed by atoms with Crippen LogP contribution in [0.25, 0.3) is 0 Å². The largest absolute Gasteiger partial charge is 0.317 e. The molecule has 0 aromatic rings. The van der Waals surface area contributed by atoms with Crippen LogP contribution in [0.15, 0.2) is 12.3 Å². The maximum absolute atomic E-state index is 11.8. The average molecular weight is 157 g/mol. The highest BCUT2D eigenvalue weighted by Gasteiger charge is 2.17. The predicted octanol–water partition coefficient (Wildman–Crippen LogP) is 1.34. The molecule has 1 rings (SSSR count). The van der Waals surface area contributed by atoms with Crippen molar-refractivity contribution < 1.29 is 9.18 Å². The summed E-state index contributed by atoms with van der Waals surface area (Å²) in [6.45, 7) is 1.70. The standard InChI is InChI=1S/C8H12FNO/c1-7-2-4-10(5-3-9)8(11)6-7/h2,4,7H,3,5-6H2,1H3. The van der Waals surface area contributed by atoms with Gasteiger partial charge in [-0.2, -0.15) is 0 Å². The Bertz CT molecular complexity index is 179. The Morgan fingerprint density at radius 1 is 1.82 bits per heavy atom. The number of halogens is 1. The molecule has 62 valence electrons. The molecular formula is C8H12FNO. The smallest absolute Gasteiger partial charge is 0.227 e. The number of rotatable bonds is 2. The molecule has 0 aliphatic carbocycles. The van der Waals surface area contributed by atoms with Crippen LogP contribution < -0.4 is 0 Å². The number of alkyl halides is 1. The minimum Gasteiger partial charge on any atom is -0.317 e. The van der Waals surface area contributed by atoms with Gasteiger partial charge in [-0.15, -0.1) is 0 Å². The molecule has 11 heavy (non-hydrogen) atoms. The molecule has 0 spiro atoms. The Morgan fingerprint density at radius 2 is 2.55 bits per heavy atom. The van der Waals surface area contributed by atoms with Crippen LogP contribution in [0.1, 0.15) is 13.3 Å². The Kier molecular flexibility index (Phi) is 2.63. The predicted molar refractivity (Wildman–Crippen MR) is 40.6 cm³/mol. The van der Waals surface area contributed by atoms with E-state index in [1.165, 1.54) is 4.90 Å². The Balaban J connectivity index is 2.54. The number of carbonyl (C=O) groups excluding carboxylic acids is 1. The van der Waals surface area contributed by atoms with E-state index in [2.05, 4.69) is 0 Å². The molecule has 1 heterocycles. The number of hydrogen-bond donors (Lipinski definition) is 0. The fourth-order valence-electron chi connectivity index (χ4n) is 1.08. The Labute approximate surface area is 65.7 Å². The second-order valence-corrected chi connectivity index (χ2v) is 2.80. The van der Waals surface area contributed by atoms with E-state index in [0.717, 1.165) is 0 Å². The van der Waals surface area contributed by atoms with E-state index in [-0.39, 0.29) is 12.5 Å². The minimum absolute atomic E-state index is 0.0256. The van der Waals surface area contributed by atoms with E-state index >= 15 is 0 Å². The summed E-state index contributed by atoms with van der Waals surface area (Å²) in [4.78, 5) is 12.5. The van der Waals surface area contributed by atoms with Crippen molar-refractivity contribution >= 4 is 5.91 Å². The molecule has 1 unspecified atom stereocenters. The van der Waals surface area contributed by atoms with Crippen LogP contribution in [0.3, 0.4) is 0 Å². The van der Waals surface area contributed by atoms with Gasteiger partial charge in [0.1, 0.15) is 6.67 Å². The van der Waals surface area contributed by atoms with Gasteiger partial charge in [0.2, 0.25) is 5.91 Å². The van der Waals surface area contributed by atoms with Crippen LogP contribution in [0.4, 0.5) is 4.39 Å². The number of allylic oxidation sites excluding steroid dienone is 1. The SMILES string of the molecule is CC1C=CN(CCF)C(=O)C1. The summed E-state index contributed by atoms with van der Waals surface area (Å²) >= 11 is 0. The van der Waals surface area contributed by atoms with E-state index < -0.39 is 6.67 Å². The first-order valence-electron chi connectivity index (χ1n) is 3.78.